The number of rotatable bonds is 4. The lowest BCUT2D eigenvalue weighted by Gasteiger charge is -2.28. The molecule has 1 aliphatic heterocycles. The van der Waals surface area contributed by atoms with Gasteiger partial charge in [0.1, 0.15) is 13.1 Å². The van der Waals surface area contributed by atoms with E-state index in [0.717, 1.165) is 38.8 Å². The molecule has 3 nitrogen and oxygen atoms in total. The molecule has 0 aromatic rings. The Morgan fingerprint density at radius 3 is 2.79 bits per heavy atom. The third-order valence-electron chi connectivity index (χ3n) is 3.11. The summed E-state index contributed by atoms with van der Waals surface area (Å²) in [6, 6.07) is 0. The quantitative estimate of drug-likeness (QED) is 0.325. The largest absolute Gasteiger partial charge is 0.332 e. The Balaban J connectivity index is 2.45. The maximum absolute atomic E-state index is 11.8. The number of hydrogen-bond acceptors (Lipinski definition) is 2. The first-order chi connectivity index (χ1) is 6.69. The van der Waals surface area contributed by atoms with Crippen LogP contribution in [0.15, 0.2) is 0 Å². The van der Waals surface area contributed by atoms with Crippen molar-refractivity contribution in [3.63, 3.8) is 0 Å². The molecule has 1 atom stereocenters. The second kappa shape index (κ2) is 5.47. The molecule has 3 heteroatoms. The molecule has 0 aromatic carbocycles. The van der Waals surface area contributed by atoms with Crippen molar-refractivity contribution in [2.75, 3.05) is 13.1 Å². The summed E-state index contributed by atoms with van der Waals surface area (Å²) in [7, 11) is 0. The summed E-state index contributed by atoms with van der Waals surface area (Å²) in [4.78, 5) is 11.8. The molecule has 1 amide bonds. The van der Waals surface area contributed by atoms with E-state index in [0.29, 0.717) is 6.42 Å². The fourth-order valence-corrected chi connectivity index (χ4v) is 2.07. The number of unbranched alkanes of at least 4 members (excludes halogenated alkanes) is 2. The van der Waals surface area contributed by atoms with Crippen LogP contribution in [0.2, 0.25) is 0 Å². The smallest absolute Gasteiger partial charge is 0.229 e. The molecule has 1 aliphatic rings. The molecular formula is C11H23N2O+. The van der Waals surface area contributed by atoms with Crippen molar-refractivity contribution in [1.29, 1.82) is 0 Å². The molecule has 0 bridgehead atoms. The third-order valence-corrected chi connectivity index (χ3v) is 3.11. The van der Waals surface area contributed by atoms with Gasteiger partial charge in [0.05, 0.1) is 6.42 Å². The molecule has 1 unspecified atom stereocenters. The molecule has 0 aromatic heterocycles. The van der Waals surface area contributed by atoms with Gasteiger partial charge in [-0.05, 0) is 32.1 Å². The zero-order chi connectivity index (χ0) is 10.4. The molecule has 1 rings (SSSR count). The van der Waals surface area contributed by atoms with Crippen molar-refractivity contribution < 1.29 is 9.39 Å². The Hall–Kier alpha value is -0.410. The summed E-state index contributed by atoms with van der Waals surface area (Å²) in [6.45, 7) is 3.86. The lowest BCUT2D eigenvalue weighted by Crippen LogP contribution is -2.59. The average molecular weight is 199 g/mol. The Morgan fingerprint density at radius 1 is 1.29 bits per heavy atom. The van der Waals surface area contributed by atoms with E-state index in [2.05, 4.69) is 6.92 Å². The lowest BCUT2D eigenvalue weighted by atomic mass is 10.2. The molecule has 0 spiro atoms. The first-order valence-electron chi connectivity index (χ1n) is 5.88. The van der Waals surface area contributed by atoms with E-state index in [1.807, 2.05) is 0 Å². The number of carbonyl (C=O) groups excluding carboxylic acids is 1. The van der Waals surface area contributed by atoms with Gasteiger partial charge in [0, 0.05) is 0 Å². The summed E-state index contributed by atoms with van der Waals surface area (Å²) >= 11 is 0. The molecule has 1 heterocycles. The number of carbonyl (C=O) groups is 1. The van der Waals surface area contributed by atoms with Gasteiger partial charge in [0.2, 0.25) is 0 Å². The highest BCUT2D eigenvalue weighted by Gasteiger charge is 2.33. The standard InChI is InChI=1S/C11H23N2O/c1-2-3-6-9-13(12)10-7-4-5-8-11(13)14/h2-10,12H2,1H3/q+1. The van der Waals surface area contributed by atoms with Gasteiger partial charge in [-0.3, -0.25) is 0 Å². The highest BCUT2D eigenvalue weighted by molar-refractivity contribution is 5.68. The molecule has 0 saturated carbocycles. The van der Waals surface area contributed by atoms with E-state index in [-0.39, 0.29) is 10.5 Å². The second-order valence-electron chi connectivity index (χ2n) is 4.39. The molecule has 82 valence electrons. The zero-order valence-electron chi connectivity index (χ0n) is 9.30. The zero-order valence-corrected chi connectivity index (χ0v) is 9.30. The summed E-state index contributed by atoms with van der Waals surface area (Å²) in [5, 5.41) is 0. The van der Waals surface area contributed by atoms with Gasteiger partial charge in [0.25, 0.3) is 0 Å². The number of hydrogen-bond donors (Lipinski definition) is 1. The molecule has 0 radical (unpaired) electrons. The van der Waals surface area contributed by atoms with Crippen LogP contribution in [0.4, 0.5) is 0 Å². The normalized spacial score (nSPS) is 28.9. The molecular weight excluding hydrogens is 176 g/mol. The third kappa shape index (κ3) is 3.07. The summed E-state index contributed by atoms with van der Waals surface area (Å²) in [5.41, 5.74) is 0. The van der Waals surface area contributed by atoms with Crippen molar-refractivity contribution >= 4 is 5.91 Å². The second-order valence-corrected chi connectivity index (χ2v) is 4.39. The van der Waals surface area contributed by atoms with E-state index in [4.69, 9.17) is 5.84 Å². The van der Waals surface area contributed by atoms with E-state index in [9.17, 15) is 4.79 Å². The maximum atomic E-state index is 11.8. The van der Waals surface area contributed by atoms with Crippen LogP contribution in [-0.2, 0) is 4.79 Å². The van der Waals surface area contributed by atoms with Crippen molar-refractivity contribution in [1.82, 2.24) is 0 Å². The number of amides is 1. The molecule has 0 aliphatic carbocycles. The van der Waals surface area contributed by atoms with Crippen LogP contribution < -0.4 is 5.84 Å². The van der Waals surface area contributed by atoms with Crippen LogP contribution in [0.5, 0.6) is 0 Å². The summed E-state index contributed by atoms with van der Waals surface area (Å²) in [6.07, 6.45) is 7.44. The van der Waals surface area contributed by atoms with E-state index in [1.165, 1.54) is 12.8 Å². The highest BCUT2D eigenvalue weighted by atomic mass is 16.2. The number of quaternary nitrogens is 1. The average Bonchev–Trinajstić information content (AvgIpc) is 2.31. The number of nitrogens with two attached hydrogens (primary N) is 1. The van der Waals surface area contributed by atoms with Crippen LogP contribution >= 0.6 is 0 Å². The fourth-order valence-electron chi connectivity index (χ4n) is 2.07. The Morgan fingerprint density at radius 2 is 2.07 bits per heavy atom. The predicted octanol–water partition coefficient (Wildman–Crippen LogP) is 1.97. The van der Waals surface area contributed by atoms with Gasteiger partial charge in [-0.25, -0.2) is 4.79 Å². The topological polar surface area (TPSA) is 43.1 Å². The van der Waals surface area contributed by atoms with Gasteiger partial charge < -0.3 is 0 Å². The summed E-state index contributed by atoms with van der Waals surface area (Å²) < 4.78 is 0.208. The molecule has 14 heavy (non-hydrogen) atoms. The van der Waals surface area contributed by atoms with Crippen LogP contribution in [0.1, 0.15) is 51.9 Å². The van der Waals surface area contributed by atoms with Crippen molar-refractivity contribution in [3.8, 4) is 0 Å². The Kier molecular flexibility index (Phi) is 4.55. The maximum Gasteiger partial charge on any atom is 0.332 e. The van der Waals surface area contributed by atoms with E-state index < -0.39 is 0 Å². The minimum atomic E-state index is 0.208. The molecule has 1 saturated heterocycles. The minimum absolute atomic E-state index is 0.208. The van der Waals surface area contributed by atoms with Gasteiger partial charge >= 0.3 is 5.91 Å². The Bertz CT molecular complexity index is 194. The number of nitrogens with zero attached hydrogens (tertiary/aromatic N) is 1. The Labute approximate surface area is 86.8 Å². The first-order valence-corrected chi connectivity index (χ1v) is 5.88. The van der Waals surface area contributed by atoms with Gasteiger partial charge in [-0.15, -0.1) is 0 Å². The summed E-state index contributed by atoms with van der Waals surface area (Å²) in [5.74, 6) is 6.38. The SMILES string of the molecule is CCCCC[N+]1(N)CCCCCC1=O. The van der Waals surface area contributed by atoms with Gasteiger partial charge in [-0.2, -0.15) is 10.4 Å². The lowest BCUT2D eigenvalue weighted by molar-refractivity contribution is -0.866. The molecule has 2 N–H and O–H groups in total. The van der Waals surface area contributed by atoms with Crippen LogP contribution in [0.25, 0.3) is 0 Å². The van der Waals surface area contributed by atoms with Crippen LogP contribution in [0, 0.1) is 0 Å². The van der Waals surface area contributed by atoms with Gasteiger partial charge in [0.15, 0.2) is 0 Å². The monoisotopic (exact) mass is 199 g/mol. The first kappa shape index (κ1) is 11.7. The fraction of sp³-hybridized carbons (Fsp3) is 0.909. The van der Waals surface area contributed by atoms with Crippen LogP contribution in [0.3, 0.4) is 0 Å². The van der Waals surface area contributed by atoms with E-state index >= 15 is 0 Å². The number of likely N-dealkylation sites (tertiary alicyclic amines) is 1. The van der Waals surface area contributed by atoms with Crippen LogP contribution in [-0.4, -0.2) is 23.6 Å². The van der Waals surface area contributed by atoms with E-state index in [1.54, 1.807) is 0 Å². The van der Waals surface area contributed by atoms with Crippen molar-refractivity contribution in [2.45, 2.75) is 51.9 Å². The highest BCUT2D eigenvalue weighted by Crippen LogP contribution is 2.16. The van der Waals surface area contributed by atoms with Crippen molar-refractivity contribution in [2.24, 2.45) is 5.84 Å². The minimum Gasteiger partial charge on any atom is -0.229 e. The molecule has 1 fully saturated rings. The van der Waals surface area contributed by atoms with Gasteiger partial charge in [-0.1, -0.05) is 13.3 Å². The predicted molar refractivity (Wildman–Crippen MR) is 57.2 cm³/mol. The van der Waals surface area contributed by atoms with Crippen molar-refractivity contribution in [3.05, 3.63) is 0 Å².